The molecule has 0 radical (unpaired) electrons. The normalized spacial score (nSPS) is 11.1. The van der Waals surface area contributed by atoms with Crippen molar-refractivity contribution in [2.24, 2.45) is 5.92 Å². The minimum atomic E-state index is 0.131. The van der Waals surface area contributed by atoms with E-state index in [9.17, 15) is 4.79 Å². The van der Waals surface area contributed by atoms with E-state index in [-0.39, 0.29) is 5.91 Å². The monoisotopic (exact) mass is 262 g/mol. The Morgan fingerprint density at radius 2 is 2.17 bits per heavy atom. The first-order valence-electron chi connectivity index (χ1n) is 6.26. The Labute approximate surface area is 111 Å². The van der Waals surface area contributed by atoms with Crippen molar-refractivity contribution in [1.29, 1.82) is 0 Å². The third kappa shape index (κ3) is 3.53. The van der Waals surface area contributed by atoms with E-state index in [0.717, 1.165) is 16.9 Å². The minimum Gasteiger partial charge on any atom is -0.356 e. The van der Waals surface area contributed by atoms with Gasteiger partial charge in [-0.15, -0.1) is 11.3 Å². The van der Waals surface area contributed by atoms with Gasteiger partial charge in [0.1, 0.15) is 0 Å². The van der Waals surface area contributed by atoms with Crippen molar-refractivity contribution in [2.75, 3.05) is 6.54 Å². The van der Waals surface area contributed by atoms with Crippen molar-refractivity contribution in [3.63, 3.8) is 0 Å². The van der Waals surface area contributed by atoms with Crippen molar-refractivity contribution < 1.29 is 4.79 Å². The van der Waals surface area contributed by atoms with E-state index in [4.69, 9.17) is 0 Å². The van der Waals surface area contributed by atoms with Gasteiger partial charge in [-0.05, 0) is 18.1 Å². The summed E-state index contributed by atoms with van der Waals surface area (Å²) in [6.07, 6.45) is 1.41. The molecule has 0 aliphatic heterocycles. The maximum absolute atomic E-state index is 11.5. The molecule has 4 heteroatoms. The Morgan fingerprint density at radius 3 is 2.89 bits per heavy atom. The number of nitrogens with one attached hydrogen (secondary N) is 1. The number of carbonyl (C=O) groups is 1. The smallest absolute Gasteiger partial charge is 0.220 e. The number of thiazole rings is 1. The summed E-state index contributed by atoms with van der Waals surface area (Å²) in [6.45, 7) is 4.77. The Kier molecular flexibility index (Phi) is 4.31. The van der Waals surface area contributed by atoms with E-state index in [1.165, 1.54) is 4.70 Å². The van der Waals surface area contributed by atoms with Gasteiger partial charge < -0.3 is 5.32 Å². The van der Waals surface area contributed by atoms with Crippen LogP contribution in [0.1, 0.15) is 25.3 Å². The summed E-state index contributed by atoms with van der Waals surface area (Å²) in [6, 6.07) is 8.12. The van der Waals surface area contributed by atoms with Gasteiger partial charge in [-0.25, -0.2) is 4.98 Å². The highest BCUT2D eigenvalue weighted by Gasteiger charge is 2.06. The van der Waals surface area contributed by atoms with Crippen LogP contribution in [0, 0.1) is 5.92 Å². The van der Waals surface area contributed by atoms with Gasteiger partial charge >= 0.3 is 0 Å². The number of fused-ring (bicyclic) bond motifs is 1. The first kappa shape index (κ1) is 13.0. The third-order valence-corrected chi connectivity index (χ3v) is 3.69. The molecule has 1 amide bonds. The molecule has 0 bridgehead atoms. The highest BCUT2D eigenvalue weighted by molar-refractivity contribution is 7.18. The SMILES string of the molecule is CC(C)CC(=O)NCCc1nc2ccccc2s1. The van der Waals surface area contributed by atoms with Crippen molar-refractivity contribution in [3.05, 3.63) is 29.3 Å². The van der Waals surface area contributed by atoms with Crippen molar-refractivity contribution in [2.45, 2.75) is 26.7 Å². The van der Waals surface area contributed by atoms with Gasteiger partial charge in [0.2, 0.25) is 5.91 Å². The topological polar surface area (TPSA) is 42.0 Å². The Bertz CT molecular complexity index is 500. The molecule has 0 aliphatic carbocycles. The Balaban J connectivity index is 1.85. The van der Waals surface area contributed by atoms with Gasteiger partial charge in [-0.1, -0.05) is 26.0 Å². The fraction of sp³-hybridized carbons (Fsp3) is 0.429. The number of benzene rings is 1. The molecule has 1 N–H and O–H groups in total. The highest BCUT2D eigenvalue weighted by atomic mass is 32.1. The van der Waals surface area contributed by atoms with Crippen LogP contribution in [0.3, 0.4) is 0 Å². The number of nitrogens with zero attached hydrogens (tertiary/aromatic N) is 1. The van der Waals surface area contributed by atoms with Gasteiger partial charge in [-0.3, -0.25) is 4.79 Å². The molecule has 18 heavy (non-hydrogen) atoms. The third-order valence-electron chi connectivity index (χ3n) is 2.59. The van der Waals surface area contributed by atoms with Gasteiger partial charge in [-0.2, -0.15) is 0 Å². The number of rotatable bonds is 5. The van der Waals surface area contributed by atoms with Crippen molar-refractivity contribution in [1.82, 2.24) is 10.3 Å². The summed E-state index contributed by atoms with van der Waals surface area (Å²) in [5, 5.41) is 4.02. The molecule has 0 saturated heterocycles. The molecule has 0 aliphatic rings. The standard InChI is InChI=1S/C14H18N2OS/c1-10(2)9-13(17)15-8-7-14-16-11-5-3-4-6-12(11)18-14/h3-6,10H,7-9H2,1-2H3,(H,15,17). The van der Waals surface area contributed by atoms with Gasteiger partial charge in [0, 0.05) is 19.4 Å². The molecule has 0 spiro atoms. The number of hydrogen-bond acceptors (Lipinski definition) is 3. The predicted molar refractivity (Wildman–Crippen MR) is 75.8 cm³/mol. The van der Waals surface area contributed by atoms with Crippen LogP contribution in [-0.2, 0) is 11.2 Å². The lowest BCUT2D eigenvalue weighted by atomic mass is 10.1. The molecule has 2 aromatic rings. The zero-order valence-electron chi connectivity index (χ0n) is 10.8. The number of amides is 1. The van der Waals surface area contributed by atoms with E-state index in [1.807, 2.05) is 32.0 Å². The molecule has 0 atom stereocenters. The average Bonchev–Trinajstić information content (AvgIpc) is 2.70. The average molecular weight is 262 g/mol. The lowest BCUT2D eigenvalue weighted by molar-refractivity contribution is -0.121. The predicted octanol–water partition coefficient (Wildman–Crippen LogP) is 3.00. The second-order valence-electron chi connectivity index (χ2n) is 4.77. The van der Waals surface area contributed by atoms with Gasteiger partial charge in [0.05, 0.1) is 15.2 Å². The first-order valence-corrected chi connectivity index (χ1v) is 7.08. The minimum absolute atomic E-state index is 0.131. The van der Waals surface area contributed by atoms with Gasteiger partial charge in [0.15, 0.2) is 0 Å². The van der Waals surface area contributed by atoms with Crippen molar-refractivity contribution >= 4 is 27.5 Å². The van der Waals surface area contributed by atoms with Crippen LogP contribution in [0.2, 0.25) is 0 Å². The molecule has 0 saturated carbocycles. The summed E-state index contributed by atoms with van der Waals surface area (Å²) < 4.78 is 1.21. The quantitative estimate of drug-likeness (QED) is 0.900. The van der Waals surface area contributed by atoms with Crippen LogP contribution in [-0.4, -0.2) is 17.4 Å². The molecule has 3 nitrogen and oxygen atoms in total. The number of carbonyl (C=O) groups excluding carboxylic acids is 1. The molecule has 1 aromatic carbocycles. The fourth-order valence-corrected chi connectivity index (χ4v) is 2.75. The highest BCUT2D eigenvalue weighted by Crippen LogP contribution is 2.21. The van der Waals surface area contributed by atoms with Crippen LogP contribution < -0.4 is 5.32 Å². The molecule has 0 fully saturated rings. The largest absolute Gasteiger partial charge is 0.356 e. The van der Waals surface area contributed by atoms with E-state index in [2.05, 4.69) is 16.4 Å². The van der Waals surface area contributed by atoms with E-state index >= 15 is 0 Å². The summed E-state index contributed by atoms with van der Waals surface area (Å²) in [4.78, 5) is 16.0. The molecule has 96 valence electrons. The summed E-state index contributed by atoms with van der Waals surface area (Å²) in [5.41, 5.74) is 1.05. The molecule has 2 rings (SSSR count). The molecule has 0 unspecified atom stereocenters. The summed E-state index contributed by atoms with van der Waals surface area (Å²) in [5.74, 6) is 0.540. The van der Waals surface area contributed by atoms with Crippen LogP contribution in [0.25, 0.3) is 10.2 Å². The zero-order valence-corrected chi connectivity index (χ0v) is 11.6. The van der Waals surface area contributed by atoms with Crippen molar-refractivity contribution in [3.8, 4) is 0 Å². The fourth-order valence-electron chi connectivity index (χ4n) is 1.78. The first-order chi connectivity index (χ1) is 8.65. The molecular formula is C14H18N2OS. The second kappa shape index (κ2) is 5.96. The van der Waals surface area contributed by atoms with E-state index in [1.54, 1.807) is 11.3 Å². The molecule has 1 aromatic heterocycles. The lowest BCUT2D eigenvalue weighted by Crippen LogP contribution is -2.26. The van der Waals surface area contributed by atoms with E-state index in [0.29, 0.717) is 18.9 Å². The maximum atomic E-state index is 11.5. The number of aromatic nitrogens is 1. The molecular weight excluding hydrogens is 244 g/mol. The lowest BCUT2D eigenvalue weighted by Gasteiger charge is -2.05. The number of para-hydroxylation sites is 1. The van der Waals surface area contributed by atoms with Crippen LogP contribution in [0.15, 0.2) is 24.3 Å². The van der Waals surface area contributed by atoms with Crippen LogP contribution >= 0.6 is 11.3 Å². The maximum Gasteiger partial charge on any atom is 0.220 e. The van der Waals surface area contributed by atoms with Crippen LogP contribution in [0.4, 0.5) is 0 Å². The molecule has 1 heterocycles. The summed E-state index contributed by atoms with van der Waals surface area (Å²) in [7, 11) is 0. The van der Waals surface area contributed by atoms with E-state index < -0.39 is 0 Å². The number of hydrogen-bond donors (Lipinski definition) is 1. The summed E-state index contributed by atoms with van der Waals surface area (Å²) >= 11 is 1.70. The van der Waals surface area contributed by atoms with Crippen LogP contribution in [0.5, 0.6) is 0 Å². The Hall–Kier alpha value is -1.42. The Morgan fingerprint density at radius 1 is 1.39 bits per heavy atom. The second-order valence-corrected chi connectivity index (χ2v) is 5.89. The van der Waals surface area contributed by atoms with Gasteiger partial charge in [0.25, 0.3) is 0 Å². The zero-order chi connectivity index (χ0) is 13.0.